The summed E-state index contributed by atoms with van der Waals surface area (Å²) in [6.45, 7) is 7.53. The van der Waals surface area contributed by atoms with Gasteiger partial charge in [0.05, 0.1) is 33.0 Å². The van der Waals surface area contributed by atoms with Crippen molar-refractivity contribution in [3.63, 3.8) is 0 Å². The molecule has 0 aliphatic carbocycles. The first kappa shape index (κ1) is 24.9. The van der Waals surface area contributed by atoms with Crippen LogP contribution in [0.5, 0.6) is 11.5 Å². The molecule has 0 saturated carbocycles. The van der Waals surface area contributed by atoms with Crippen molar-refractivity contribution in [2.75, 3.05) is 6.61 Å². The highest BCUT2D eigenvalue weighted by molar-refractivity contribution is 9.10. The number of rotatable bonds is 6. The maximum absolute atomic E-state index is 13.7. The third-order valence-electron chi connectivity index (χ3n) is 5.36. The highest BCUT2D eigenvalue weighted by Crippen LogP contribution is 2.36. The van der Waals surface area contributed by atoms with Gasteiger partial charge < -0.3 is 14.6 Å². The molecular weight excluding hydrogens is 532 g/mol. The number of nitrogens with zero attached hydrogens (tertiary/aromatic N) is 2. The Hall–Kier alpha value is -3.17. The summed E-state index contributed by atoms with van der Waals surface area (Å²) in [6, 6.07) is 11.6. The van der Waals surface area contributed by atoms with Gasteiger partial charge in [0.1, 0.15) is 17.5 Å². The van der Waals surface area contributed by atoms with Gasteiger partial charge in [-0.2, -0.15) is 0 Å². The highest BCUT2D eigenvalue weighted by Gasteiger charge is 2.35. The fraction of sp³-hybridized carbons (Fsp3) is 0.269. The average molecular weight is 557 g/mol. The summed E-state index contributed by atoms with van der Waals surface area (Å²) in [5.74, 6) is 0.177. The van der Waals surface area contributed by atoms with Crippen molar-refractivity contribution in [2.45, 2.75) is 39.8 Å². The molecule has 9 heteroatoms. The van der Waals surface area contributed by atoms with E-state index >= 15 is 0 Å². The van der Waals surface area contributed by atoms with E-state index in [4.69, 9.17) is 9.47 Å². The molecule has 1 aliphatic heterocycles. The molecule has 1 N–H and O–H groups in total. The van der Waals surface area contributed by atoms with Gasteiger partial charge >= 0.3 is 5.97 Å². The number of esters is 1. The molecule has 1 atom stereocenters. The number of phenolic OH excluding ortho intramolecular Hbond substituents is 1. The van der Waals surface area contributed by atoms with Crippen LogP contribution in [0.3, 0.4) is 0 Å². The number of para-hydroxylation sites is 1. The molecule has 0 unspecified atom stereocenters. The van der Waals surface area contributed by atoms with Gasteiger partial charge in [-0.3, -0.25) is 9.36 Å². The van der Waals surface area contributed by atoms with Crippen molar-refractivity contribution < 1.29 is 19.4 Å². The minimum absolute atomic E-state index is 0.101. The monoisotopic (exact) mass is 556 g/mol. The second-order valence-electron chi connectivity index (χ2n) is 8.22. The number of aromatic hydroxyl groups is 1. The van der Waals surface area contributed by atoms with E-state index in [0.717, 1.165) is 5.56 Å². The molecule has 2 aromatic carbocycles. The van der Waals surface area contributed by atoms with E-state index in [9.17, 15) is 14.7 Å². The van der Waals surface area contributed by atoms with Crippen molar-refractivity contribution in [3.8, 4) is 11.5 Å². The van der Waals surface area contributed by atoms with Crippen molar-refractivity contribution in [1.82, 2.24) is 4.57 Å². The molecule has 0 saturated heterocycles. The number of benzene rings is 2. The number of carbonyl (C=O) groups excluding carboxylic acids is 1. The van der Waals surface area contributed by atoms with E-state index in [0.29, 0.717) is 36.4 Å². The molecule has 0 spiro atoms. The number of hydrogen-bond donors (Lipinski definition) is 1. The lowest BCUT2D eigenvalue weighted by atomic mass is 9.95. The number of carbonyl (C=O) groups is 1. The van der Waals surface area contributed by atoms with E-state index in [-0.39, 0.29) is 24.0 Å². The number of fused-ring (bicyclic) bond motifs is 1. The molecule has 35 heavy (non-hydrogen) atoms. The summed E-state index contributed by atoms with van der Waals surface area (Å²) in [7, 11) is 0. The topological polar surface area (TPSA) is 90.1 Å². The third-order valence-corrected chi connectivity index (χ3v) is 6.98. The van der Waals surface area contributed by atoms with Gasteiger partial charge in [0.15, 0.2) is 4.80 Å². The van der Waals surface area contributed by atoms with Gasteiger partial charge in [-0.15, -0.1) is 0 Å². The highest BCUT2D eigenvalue weighted by atomic mass is 79.9. The summed E-state index contributed by atoms with van der Waals surface area (Å²) >= 11 is 4.55. The van der Waals surface area contributed by atoms with E-state index in [1.807, 2.05) is 38.1 Å². The molecular formula is C26H25BrN2O5S. The molecule has 0 radical (unpaired) electrons. The zero-order valence-electron chi connectivity index (χ0n) is 19.7. The van der Waals surface area contributed by atoms with Crippen LogP contribution < -0.4 is 19.6 Å². The maximum Gasteiger partial charge on any atom is 0.338 e. The van der Waals surface area contributed by atoms with Crippen molar-refractivity contribution in [1.29, 1.82) is 0 Å². The Balaban J connectivity index is 1.98. The fourth-order valence-electron chi connectivity index (χ4n) is 3.92. The van der Waals surface area contributed by atoms with Crippen LogP contribution in [0.25, 0.3) is 6.08 Å². The third kappa shape index (κ3) is 4.97. The smallest absolute Gasteiger partial charge is 0.338 e. The number of halogens is 1. The minimum Gasteiger partial charge on any atom is -0.507 e. The first-order chi connectivity index (χ1) is 16.7. The largest absolute Gasteiger partial charge is 0.507 e. The Labute approximate surface area is 214 Å². The van der Waals surface area contributed by atoms with Gasteiger partial charge in [0.2, 0.25) is 0 Å². The molecule has 182 valence electrons. The second-order valence-corrected chi connectivity index (χ2v) is 10.1. The van der Waals surface area contributed by atoms with Crippen molar-refractivity contribution >= 4 is 39.3 Å². The first-order valence-electron chi connectivity index (χ1n) is 11.1. The Morgan fingerprint density at radius 3 is 2.71 bits per heavy atom. The summed E-state index contributed by atoms with van der Waals surface area (Å²) in [5.41, 5.74) is 1.93. The number of thiazole rings is 1. The molecule has 4 rings (SSSR count). The van der Waals surface area contributed by atoms with Crippen LogP contribution in [0, 0.1) is 0 Å². The number of phenols is 1. The van der Waals surface area contributed by atoms with Crippen molar-refractivity contribution in [2.24, 2.45) is 4.99 Å². The fourth-order valence-corrected chi connectivity index (χ4v) is 5.36. The summed E-state index contributed by atoms with van der Waals surface area (Å²) in [4.78, 5) is 31.9. The molecule has 1 aliphatic rings. The quantitative estimate of drug-likeness (QED) is 0.462. The molecule has 3 aromatic rings. The van der Waals surface area contributed by atoms with Gasteiger partial charge in [0.25, 0.3) is 5.56 Å². The molecule has 0 fully saturated rings. The summed E-state index contributed by atoms with van der Waals surface area (Å²) in [5, 5.41) is 9.80. The standard InChI is InChI=1S/C26H25BrN2O5S/c1-5-33-25(32)22-15(4)28-26-29(23(22)17-8-6-7-9-20(17)34-14(2)3)24(31)21(35-26)13-16-10-11-19(30)18(27)12-16/h6-14,23,30H,5H2,1-4H3/b21-13-/t23-/m0/s1. The zero-order chi connectivity index (χ0) is 25.3. The summed E-state index contributed by atoms with van der Waals surface area (Å²) in [6.07, 6.45) is 1.64. The van der Waals surface area contributed by atoms with Gasteiger partial charge in [-0.05, 0) is 73.5 Å². The Morgan fingerprint density at radius 2 is 2.03 bits per heavy atom. The molecule has 0 bridgehead atoms. The van der Waals surface area contributed by atoms with Crippen LogP contribution in [0.1, 0.15) is 44.9 Å². The molecule has 0 amide bonds. The van der Waals surface area contributed by atoms with Gasteiger partial charge in [-0.25, -0.2) is 9.79 Å². The predicted molar refractivity (Wildman–Crippen MR) is 138 cm³/mol. The average Bonchev–Trinajstić information content (AvgIpc) is 3.10. The van der Waals surface area contributed by atoms with E-state index < -0.39 is 12.0 Å². The minimum atomic E-state index is -0.756. The Morgan fingerprint density at radius 1 is 1.29 bits per heavy atom. The number of hydrogen-bond acceptors (Lipinski definition) is 7. The van der Waals surface area contributed by atoms with Crippen LogP contribution >= 0.6 is 27.3 Å². The lowest BCUT2D eigenvalue weighted by Gasteiger charge is -2.26. The lowest BCUT2D eigenvalue weighted by molar-refractivity contribution is -0.139. The van der Waals surface area contributed by atoms with Gasteiger partial charge in [0, 0.05) is 5.56 Å². The molecule has 2 heterocycles. The van der Waals surface area contributed by atoms with Crippen LogP contribution in [-0.4, -0.2) is 28.4 Å². The lowest BCUT2D eigenvalue weighted by Crippen LogP contribution is -2.40. The van der Waals surface area contributed by atoms with E-state index in [2.05, 4.69) is 20.9 Å². The zero-order valence-corrected chi connectivity index (χ0v) is 22.1. The van der Waals surface area contributed by atoms with Crippen LogP contribution in [0.2, 0.25) is 0 Å². The van der Waals surface area contributed by atoms with E-state index in [1.54, 1.807) is 38.1 Å². The Kier molecular flexibility index (Phi) is 7.28. The van der Waals surface area contributed by atoms with Crippen LogP contribution in [0.15, 0.2) is 68.0 Å². The molecule has 1 aromatic heterocycles. The second kappa shape index (κ2) is 10.2. The first-order valence-corrected chi connectivity index (χ1v) is 12.8. The predicted octanol–water partition coefficient (Wildman–Crippen LogP) is 4.05. The maximum atomic E-state index is 13.7. The normalized spacial score (nSPS) is 15.7. The van der Waals surface area contributed by atoms with E-state index in [1.165, 1.54) is 15.9 Å². The van der Waals surface area contributed by atoms with Crippen molar-refractivity contribution in [3.05, 3.63) is 89.0 Å². The number of allylic oxidation sites excluding steroid dienone is 1. The number of aromatic nitrogens is 1. The molecule has 7 nitrogen and oxygen atoms in total. The van der Waals surface area contributed by atoms with Crippen LogP contribution in [-0.2, 0) is 9.53 Å². The SMILES string of the molecule is CCOC(=O)C1=C(C)N=c2s/c(=C\c3ccc(O)c(Br)c3)c(=O)n2[C@H]1c1ccccc1OC(C)C. The van der Waals surface area contributed by atoms with Gasteiger partial charge in [-0.1, -0.05) is 35.6 Å². The Bertz CT molecular complexity index is 1500. The summed E-state index contributed by atoms with van der Waals surface area (Å²) < 4.78 is 13.9. The number of ether oxygens (including phenoxy) is 2. The van der Waals surface area contributed by atoms with Crippen LogP contribution in [0.4, 0.5) is 0 Å².